The van der Waals surface area contributed by atoms with Crippen LogP contribution in [0.3, 0.4) is 0 Å². The second-order valence-corrected chi connectivity index (χ2v) is 4.83. The minimum atomic E-state index is 0.622. The van der Waals surface area contributed by atoms with Gasteiger partial charge >= 0.3 is 0 Å². The lowest BCUT2D eigenvalue weighted by Crippen LogP contribution is -2.18. The zero-order valence-corrected chi connectivity index (χ0v) is 10.7. The van der Waals surface area contributed by atoms with Gasteiger partial charge in [0.05, 0.1) is 0 Å². The summed E-state index contributed by atoms with van der Waals surface area (Å²) in [6, 6.07) is 8.51. The summed E-state index contributed by atoms with van der Waals surface area (Å²) in [6.45, 7) is 6.30. The van der Waals surface area contributed by atoms with E-state index in [1.54, 1.807) is 0 Å². The van der Waals surface area contributed by atoms with Crippen molar-refractivity contribution in [2.45, 2.75) is 33.2 Å². The molecule has 0 aliphatic carbocycles. The zero-order valence-electron chi connectivity index (χ0n) is 10.7. The molecule has 2 nitrogen and oxygen atoms in total. The Kier molecular flexibility index (Phi) is 5.33. The third kappa shape index (κ3) is 4.23. The first-order valence-corrected chi connectivity index (χ1v) is 6.13. The monoisotopic (exact) mass is 220 g/mol. The summed E-state index contributed by atoms with van der Waals surface area (Å²) < 4.78 is 0. The summed E-state index contributed by atoms with van der Waals surface area (Å²) in [6.07, 6.45) is 2.55. The molecule has 0 spiro atoms. The van der Waals surface area contributed by atoms with Crippen LogP contribution in [0.1, 0.15) is 32.3 Å². The molecule has 1 aromatic rings. The molecular weight excluding hydrogens is 196 g/mol. The Labute approximate surface area is 99.5 Å². The largest absolute Gasteiger partial charge is 0.375 e. The first kappa shape index (κ1) is 13.0. The van der Waals surface area contributed by atoms with Gasteiger partial charge in [0, 0.05) is 25.8 Å². The molecule has 2 heteroatoms. The minimum absolute atomic E-state index is 0.622. The van der Waals surface area contributed by atoms with Gasteiger partial charge in [0.25, 0.3) is 0 Å². The molecule has 0 aromatic heterocycles. The molecule has 1 rings (SSSR count). The lowest BCUT2D eigenvalue weighted by molar-refractivity contribution is 0.556. The van der Waals surface area contributed by atoms with Crippen LogP contribution in [0.2, 0.25) is 0 Å². The molecule has 0 unspecified atom stereocenters. The van der Waals surface area contributed by atoms with Crippen molar-refractivity contribution in [3.63, 3.8) is 0 Å². The van der Waals surface area contributed by atoms with Crippen LogP contribution in [0.4, 0.5) is 5.69 Å². The van der Waals surface area contributed by atoms with Gasteiger partial charge in [-0.25, -0.2) is 0 Å². The molecule has 0 atom stereocenters. The summed E-state index contributed by atoms with van der Waals surface area (Å²) >= 11 is 0. The van der Waals surface area contributed by atoms with E-state index in [1.165, 1.54) is 24.1 Å². The molecule has 90 valence electrons. The second kappa shape index (κ2) is 6.54. The average molecular weight is 220 g/mol. The van der Waals surface area contributed by atoms with E-state index >= 15 is 0 Å². The molecule has 0 saturated carbocycles. The zero-order chi connectivity index (χ0) is 12.0. The van der Waals surface area contributed by atoms with Crippen LogP contribution in [0.25, 0.3) is 0 Å². The van der Waals surface area contributed by atoms with Gasteiger partial charge in [-0.2, -0.15) is 0 Å². The van der Waals surface area contributed by atoms with E-state index < -0.39 is 0 Å². The normalized spacial score (nSPS) is 10.8. The van der Waals surface area contributed by atoms with Crippen molar-refractivity contribution in [3.05, 3.63) is 29.8 Å². The SMILES string of the molecule is CC(C)CCCN(C)c1ccc(CN)cc1. The predicted octanol–water partition coefficient (Wildman–Crippen LogP) is 3.02. The highest BCUT2D eigenvalue weighted by Crippen LogP contribution is 2.15. The van der Waals surface area contributed by atoms with Crippen LogP contribution in [0.5, 0.6) is 0 Å². The first-order chi connectivity index (χ1) is 7.63. The number of rotatable bonds is 6. The third-order valence-corrected chi connectivity index (χ3v) is 2.89. The Morgan fingerprint density at radius 2 is 1.81 bits per heavy atom. The molecule has 0 saturated heterocycles. The average Bonchev–Trinajstić information content (AvgIpc) is 2.28. The number of anilines is 1. The van der Waals surface area contributed by atoms with Gasteiger partial charge in [-0.3, -0.25) is 0 Å². The number of hydrogen-bond acceptors (Lipinski definition) is 2. The Morgan fingerprint density at radius 3 is 2.31 bits per heavy atom. The molecule has 0 bridgehead atoms. The van der Waals surface area contributed by atoms with Crippen LogP contribution < -0.4 is 10.6 Å². The molecule has 16 heavy (non-hydrogen) atoms. The van der Waals surface area contributed by atoms with E-state index in [1.807, 2.05) is 0 Å². The second-order valence-electron chi connectivity index (χ2n) is 4.83. The predicted molar refractivity (Wildman–Crippen MR) is 71.7 cm³/mol. The van der Waals surface area contributed by atoms with Crippen molar-refractivity contribution in [1.29, 1.82) is 0 Å². The van der Waals surface area contributed by atoms with Crippen LogP contribution in [-0.4, -0.2) is 13.6 Å². The summed E-state index contributed by atoms with van der Waals surface area (Å²) in [4.78, 5) is 2.31. The van der Waals surface area contributed by atoms with Gasteiger partial charge in [-0.15, -0.1) is 0 Å². The fraction of sp³-hybridized carbons (Fsp3) is 0.571. The maximum atomic E-state index is 5.58. The molecule has 0 aliphatic rings. The quantitative estimate of drug-likeness (QED) is 0.798. The lowest BCUT2D eigenvalue weighted by atomic mass is 10.1. The Bertz CT molecular complexity index is 290. The van der Waals surface area contributed by atoms with Gasteiger partial charge in [0.1, 0.15) is 0 Å². The highest BCUT2D eigenvalue weighted by Gasteiger charge is 2.01. The maximum Gasteiger partial charge on any atom is 0.0363 e. The van der Waals surface area contributed by atoms with Crippen molar-refractivity contribution < 1.29 is 0 Å². The fourth-order valence-corrected chi connectivity index (χ4v) is 1.75. The maximum absolute atomic E-state index is 5.58. The molecule has 2 N–H and O–H groups in total. The number of nitrogens with zero attached hydrogens (tertiary/aromatic N) is 1. The van der Waals surface area contributed by atoms with E-state index in [-0.39, 0.29) is 0 Å². The Morgan fingerprint density at radius 1 is 1.19 bits per heavy atom. The number of hydrogen-bond donors (Lipinski definition) is 1. The van der Waals surface area contributed by atoms with Crippen molar-refractivity contribution in [2.75, 3.05) is 18.5 Å². The summed E-state index contributed by atoms with van der Waals surface area (Å²) in [7, 11) is 2.15. The summed E-state index contributed by atoms with van der Waals surface area (Å²) in [5.74, 6) is 0.799. The van der Waals surface area contributed by atoms with Crippen LogP contribution in [-0.2, 0) is 6.54 Å². The van der Waals surface area contributed by atoms with Crippen LogP contribution in [0, 0.1) is 5.92 Å². The van der Waals surface area contributed by atoms with E-state index in [0.29, 0.717) is 6.54 Å². The van der Waals surface area contributed by atoms with Crippen molar-refractivity contribution in [2.24, 2.45) is 11.7 Å². The van der Waals surface area contributed by atoms with E-state index in [2.05, 4.69) is 50.1 Å². The molecule has 0 heterocycles. The molecule has 0 aliphatic heterocycles. The van der Waals surface area contributed by atoms with Crippen molar-refractivity contribution in [1.82, 2.24) is 0 Å². The smallest absolute Gasteiger partial charge is 0.0363 e. The van der Waals surface area contributed by atoms with E-state index in [4.69, 9.17) is 5.73 Å². The van der Waals surface area contributed by atoms with Crippen LogP contribution in [0.15, 0.2) is 24.3 Å². The van der Waals surface area contributed by atoms with Crippen molar-refractivity contribution >= 4 is 5.69 Å². The van der Waals surface area contributed by atoms with E-state index in [0.717, 1.165) is 12.5 Å². The Hall–Kier alpha value is -1.02. The molecule has 0 fully saturated rings. The molecule has 0 radical (unpaired) electrons. The number of nitrogens with two attached hydrogens (primary N) is 1. The Balaban J connectivity index is 2.43. The van der Waals surface area contributed by atoms with E-state index in [9.17, 15) is 0 Å². The van der Waals surface area contributed by atoms with Gasteiger partial charge in [-0.05, 0) is 36.5 Å². The highest BCUT2D eigenvalue weighted by atomic mass is 15.1. The van der Waals surface area contributed by atoms with Crippen LogP contribution >= 0.6 is 0 Å². The molecular formula is C14H24N2. The summed E-state index contributed by atoms with van der Waals surface area (Å²) in [5.41, 5.74) is 8.05. The lowest BCUT2D eigenvalue weighted by Gasteiger charge is -2.20. The molecule has 0 amide bonds. The van der Waals surface area contributed by atoms with Gasteiger partial charge < -0.3 is 10.6 Å². The highest BCUT2D eigenvalue weighted by molar-refractivity contribution is 5.46. The van der Waals surface area contributed by atoms with Gasteiger partial charge in [-0.1, -0.05) is 26.0 Å². The van der Waals surface area contributed by atoms with Crippen molar-refractivity contribution in [3.8, 4) is 0 Å². The molecule has 1 aromatic carbocycles. The fourth-order valence-electron chi connectivity index (χ4n) is 1.75. The minimum Gasteiger partial charge on any atom is -0.375 e. The standard InChI is InChI=1S/C14H24N2/c1-12(2)5-4-10-16(3)14-8-6-13(11-15)7-9-14/h6-9,12H,4-5,10-11,15H2,1-3H3. The first-order valence-electron chi connectivity index (χ1n) is 6.13. The number of benzene rings is 1. The van der Waals surface area contributed by atoms with Gasteiger partial charge in [0.2, 0.25) is 0 Å². The third-order valence-electron chi connectivity index (χ3n) is 2.89. The summed E-state index contributed by atoms with van der Waals surface area (Å²) in [5, 5.41) is 0. The topological polar surface area (TPSA) is 29.3 Å². The van der Waals surface area contributed by atoms with Gasteiger partial charge in [0.15, 0.2) is 0 Å².